The van der Waals surface area contributed by atoms with Crippen LogP contribution < -0.4 is 10.1 Å². The van der Waals surface area contributed by atoms with E-state index in [9.17, 15) is 4.79 Å². The normalized spacial score (nSPS) is 15.2. The molecule has 0 radical (unpaired) electrons. The molecule has 30 heavy (non-hydrogen) atoms. The van der Waals surface area contributed by atoms with Crippen molar-refractivity contribution in [1.29, 1.82) is 0 Å². The molecule has 1 aliphatic heterocycles. The van der Waals surface area contributed by atoms with Crippen LogP contribution in [0.25, 0.3) is 0 Å². The highest BCUT2D eigenvalue weighted by atomic mass is 16.5. The molecule has 1 amide bonds. The van der Waals surface area contributed by atoms with Crippen LogP contribution in [-0.2, 0) is 17.9 Å². The summed E-state index contributed by atoms with van der Waals surface area (Å²) in [6.45, 7) is 14.0. The highest BCUT2D eigenvalue weighted by Crippen LogP contribution is 2.20. The number of piperazine rings is 1. The molecule has 0 spiro atoms. The third-order valence-electron chi connectivity index (χ3n) is 5.97. The van der Waals surface area contributed by atoms with E-state index in [1.807, 2.05) is 19.1 Å². The van der Waals surface area contributed by atoms with Crippen molar-refractivity contribution in [3.05, 3.63) is 64.7 Å². The zero-order valence-electron chi connectivity index (χ0n) is 18.6. The van der Waals surface area contributed by atoms with Crippen LogP contribution in [0.2, 0.25) is 0 Å². The van der Waals surface area contributed by atoms with Gasteiger partial charge in [-0.2, -0.15) is 0 Å². The minimum atomic E-state index is 0.0122. The molecule has 0 aromatic heterocycles. The first kappa shape index (κ1) is 22.3. The number of hydrogen-bond donors (Lipinski definition) is 1. The van der Waals surface area contributed by atoms with Crippen LogP contribution in [-0.4, -0.2) is 55.0 Å². The van der Waals surface area contributed by atoms with Crippen LogP contribution in [0.1, 0.15) is 35.6 Å². The number of rotatable bonds is 9. The Bertz CT molecular complexity index is 812. The summed E-state index contributed by atoms with van der Waals surface area (Å²) in [6.07, 6.45) is 0.356. The van der Waals surface area contributed by atoms with Crippen molar-refractivity contribution in [3.63, 3.8) is 0 Å². The third-order valence-corrected chi connectivity index (χ3v) is 5.97. The van der Waals surface area contributed by atoms with Crippen LogP contribution in [0.15, 0.2) is 42.5 Å². The molecule has 3 rings (SSSR count). The van der Waals surface area contributed by atoms with Crippen molar-refractivity contribution in [2.75, 3.05) is 39.3 Å². The summed E-state index contributed by atoms with van der Waals surface area (Å²) in [4.78, 5) is 17.1. The zero-order valence-corrected chi connectivity index (χ0v) is 18.6. The molecule has 1 saturated heterocycles. The molecule has 0 aliphatic carbocycles. The lowest BCUT2D eigenvalue weighted by Crippen LogP contribution is -2.45. The number of nitrogens with one attached hydrogen (secondary N) is 1. The number of amides is 1. The largest absolute Gasteiger partial charge is 0.493 e. The quantitative estimate of drug-likeness (QED) is 0.688. The number of likely N-dealkylation sites (N-methyl/N-ethyl adjacent to an activating group) is 1. The smallest absolute Gasteiger partial charge is 0.223 e. The molecule has 1 fully saturated rings. The average Bonchev–Trinajstić information content (AvgIpc) is 2.77. The summed E-state index contributed by atoms with van der Waals surface area (Å²) in [7, 11) is 0. The molecule has 1 heterocycles. The molecule has 0 bridgehead atoms. The average molecular weight is 410 g/mol. The lowest BCUT2D eigenvalue weighted by Gasteiger charge is -2.34. The van der Waals surface area contributed by atoms with E-state index in [1.165, 1.54) is 11.1 Å². The Morgan fingerprint density at radius 2 is 1.63 bits per heavy atom. The number of hydrogen-bond acceptors (Lipinski definition) is 4. The number of carbonyl (C=O) groups is 1. The Morgan fingerprint density at radius 3 is 2.33 bits per heavy atom. The van der Waals surface area contributed by atoms with Crippen LogP contribution in [0.3, 0.4) is 0 Å². The van der Waals surface area contributed by atoms with E-state index in [-0.39, 0.29) is 5.91 Å². The molecule has 0 unspecified atom stereocenters. The second-order valence-corrected chi connectivity index (χ2v) is 8.10. The molecular formula is C25H35N3O2. The topological polar surface area (TPSA) is 44.8 Å². The van der Waals surface area contributed by atoms with E-state index >= 15 is 0 Å². The molecule has 2 aromatic rings. The first-order valence-electron chi connectivity index (χ1n) is 11.0. The van der Waals surface area contributed by atoms with Gasteiger partial charge in [0.1, 0.15) is 5.75 Å². The van der Waals surface area contributed by atoms with Gasteiger partial charge in [-0.15, -0.1) is 0 Å². The minimum absolute atomic E-state index is 0.0122. The first-order valence-corrected chi connectivity index (χ1v) is 11.0. The molecule has 1 N–H and O–H groups in total. The van der Waals surface area contributed by atoms with Crippen LogP contribution in [0.4, 0.5) is 0 Å². The van der Waals surface area contributed by atoms with E-state index in [4.69, 9.17) is 4.74 Å². The van der Waals surface area contributed by atoms with Crippen LogP contribution in [0.5, 0.6) is 5.75 Å². The van der Waals surface area contributed by atoms with Gasteiger partial charge in [-0.1, -0.05) is 43.3 Å². The van der Waals surface area contributed by atoms with Gasteiger partial charge in [0, 0.05) is 39.3 Å². The van der Waals surface area contributed by atoms with Gasteiger partial charge in [0.05, 0.1) is 13.0 Å². The highest BCUT2D eigenvalue weighted by Gasteiger charge is 2.15. The Morgan fingerprint density at radius 1 is 0.967 bits per heavy atom. The van der Waals surface area contributed by atoms with E-state index in [1.54, 1.807) is 0 Å². The highest BCUT2D eigenvalue weighted by molar-refractivity contribution is 5.76. The molecule has 5 heteroatoms. The molecule has 2 aromatic carbocycles. The lowest BCUT2D eigenvalue weighted by atomic mass is 10.1. The molecule has 5 nitrogen and oxygen atoms in total. The number of benzene rings is 2. The number of aryl methyl sites for hydroxylation is 1. The fraction of sp³-hybridized carbons (Fsp3) is 0.480. The summed E-state index contributed by atoms with van der Waals surface area (Å²) < 4.78 is 5.77. The Balaban J connectivity index is 1.36. The van der Waals surface area contributed by atoms with E-state index < -0.39 is 0 Å². The third kappa shape index (κ3) is 6.57. The van der Waals surface area contributed by atoms with Gasteiger partial charge in [-0.3, -0.25) is 9.69 Å². The van der Waals surface area contributed by atoms with Gasteiger partial charge in [0.25, 0.3) is 0 Å². The molecule has 162 valence electrons. The number of nitrogens with zero attached hydrogens (tertiary/aromatic N) is 2. The van der Waals surface area contributed by atoms with Crippen molar-refractivity contribution in [3.8, 4) is 5.75 Å². The van der Waals surface area contributed by atoms with Gasteiger partial charge >= 0.3 is 0 Å². The standard InChI is InChI=1S/C25H35N3O2/c1-4-27-13-15-28(16-14-27)19-23-10-8-22(9-11-23)18-26-25(29)12-17-30-24-7-5-6-20(2)21(24)3/h5-11H,4,12-19H2,1-3H3,(H,26,29). The van der Waals surface area contributed by atoms with Gasteiger partial charge in [-0.05, 0) is 48.7 Å². The van der Waals surface area contributed by atoms with Gasteiger partial charge in [-0.25, -0.2) is 0 Å². The van der Waals surface area contributed by atoms with Crippen molar-refractivity contribution in [2.45, 2.75) is 40.3 Å². The minimum Gasteiger partial charge on any atom is -0.493 e. The Labute approximate surface area is 181 Å². The van der Waals surface area contributed by atoms with E-state index in [2.05, 4.69) is 59.3 Å². The number of carbonyl (C=O) groups excluding carboxylic acids is 1. The summed E-state index contributed by atoms with van der Waals surface area (Å²) in [6, 6.07) is 14.6. The Hall–Kier alpha value is -2.37. The summed E-state index contributed by atoms with van der Waals surface area (Å²) >= 11 is 0. The zero-order chi connectivity index (χ0) is 21.3. The molecular weight excluding hydrogens is 374 g/mol. The van der Waals surface area contributed by atoms with E-state index in [0.717, 1.165) is 56.1 Å². The SMILES string of the molecule is CCN1CCN(Cc2ccc(CNC(=O)CCOc3cccc(C)c3C)cc2)CC1. The molecule has 1 aliphatic rings. The fourth-order valence-corrected chi connectivity index (χ4v) is 3.71. The predicted molar refractivity (Wildman–Crippen MR) is 122 cm³/mol. The Kier molecular flexibility index (Phi) is 8.29. The molecule has 0 atom stereocenters. The van der Waals surface area contributed by atoms with Crippen LogP contribution in [0, 0.1) is 13.8 Å². The maximum atomic E-state index is 12.1. The summed E-state index contributed by atoms with van der Waals surface area (Å²) in [5, 5.41) is 2.99. The van der Waals surface area contributed by atoms with Gasteiger partial charge in [0.2, 0.25) is 5.91 Å². The lowest BCUT2D eigenvalue weighted by molar-refractivity contribution is -0.121. The monoisotopic (exact) mass is 409 g/mol. The van der Waals surface area contributed by atoms with Gasteiger partial charge in [0.15, 0.2) is 0 Å². The first-order chi connectivity index (χ1) is 14.5. The predicted octanol–water partition coefficient (Wildman–Crippen LogP) is 3.53. The van der Waals surface area contributed by atoms with Crippen molar-refractivity contribution >= 4 is 5.91 Å². The van der Waals surface area contributed by atoms with Crippen molar-refractivity contribution in [1.82, 2.24) is 15.1 Å². The fourth-order valence-electron chi connectivity index (χ4n) is 3.71. The maximum Gasteiger partial charge on any atom is 0.223 e. The second-order valence-electron chi connectivity index (χ2n) is 8.10. The number of ether oxygens (including phenoxy) is 1. The van der Waals surface area contributed by atoms with Crippen LogP contribution >= 0.6 is 0 Å². The molecule has 0 saturated carbocycles. The van der Waals surface area contributed by atoms with Crippen molar-refractivity contribution in [2.24, 2.45) is 0 Å². The summed E-state index contributed by atoms with van der Waals surface area (Å²) in [5.74, 6) is 0.868. The van der Waals surface area contributed by atoms with Gasteiger partial charge < -0.3 is 15.0 Å². The van der Waals surface area contributed by atoms with Crippen molar-refractivity contribution < 1.29 is 9.53 Å². The maximum absolute atomic E-state index is 12.1. The second kappa shape index (κ2) is 11.1. The summed E-state index contributed by atoms with van der Waals surface area (Å²) in [5.41, 5.74) is 4.78. The van der Waals surface area contributed by atoms with E-state index in [0.29, 0.717) is 19.6 Å².